The van der Waals surface area contributed by atoms with Crippen LogP contribution < -0.4 is 32.4 Å². The highest BCUT2D eigenvalue weighted by molar-refractivity contribution is 6.09. The van der Waals surface area contributed by atoms with Crippen LogP contribution in [0.4, 0.5) is 22.7 Å². The van der Waals surface area contributed by atoms with Crippen LogP contribution in [-0.2, 0) is 0 Å². The van der Waals surface area contributed by atoms with E-state index in [4.69, 9.17) is 32.4 Å². The molecule has 5 aromatic rings. The Hall–Kier alpha value is -5.43. The van der Waals surface area contributed by atoms with Crippen LogP contribution in [0, 0.1) is 0 Å². The second-order valence-corrected chi connectivity index (χ2v) is 8.40. The SMILES string of the molecule is Nc1ccc(C(=O)c2ccc(N)cc2)cc1.Nc1cccc(Oc2cccc(Oc3cccc(N)c3)c2)c1. The third kappa shape index (κ3) is 7.29. The van der Waals surface area contributed by atoms with Gasteiger partial charge in [0.05, 0.1) is 0 Å². The lowest BCUT2D eigenvalue weighted by Crippen LogP contribution is -2.01. The van der Waals surface area contributed by atoms with Crippen LogP contribution in [0.5, 0.6) is 23.0 Å². The first-order valence-corrected chi connectivity index (χ1v) is 11.8. The first-order valence-electron chi connectivity index (χ1n) is 11.8. The molecule has 0 amide bonds. The molecule has 0 fully saturated rings. The Kier molecular flexibility index (Phi) is 8.11. The fourth-order valence-electron chi connectivity index (χ4n) is 3.47. The minimum atomic E-state index is -0.0278. The van der Waals surface area contributed by atoms with Gasteiger partial charge in [-0.25, -0.2) is 0 Å². The van der Waals surface area contributed by atoms with Gasteiger partial charge in [0, 0.05) is 52.1 Å². The zero-order valence-corrected chi connectivity index (χ0v) is 20.6. The zero-order valence-electron chi connectivity index (χ0n) is 20.6. The minimum Gasteiger partial charge on any atom is -0.457 e. The van der Waals surface area contributed by atoms with Crippen LogP contribution in [0.3, 0.4) is 0 Å². The number of ether oxygens (including phenoxy) is 2. The molecule has 0 aliphatic heterocycles. The first-order chi connectivity index (χ1) is 18.4. The third-order valence-electron chi connectivity index (χ3n) is 5.34. The van der Waals surface area contributed by atoms with Gasteiger partial charge in [-0.2, -0.15) is 0 Å². The number of anilines is 4. The molecule has 7 nitrogen and oxygen atoms in total. The van der Waals surface area contributed by atoms with Gasteiger partial charge in [-0.05, 0) is 84.9 Å². The Morgan fingerprint density at radius 3 is 1.13 bits per heavy atom. The highest BCUT2D eigenvalue weighted by atomic mass is 16.5. The van der Waals surface area contributed by atoms with E-state index >= 15 is 0 Å². The standard InChI is InChI=1S/C18H16N2O2.C13H12N2O/c19-13-4-1-6-15(10-13)21-17-8-3-9-18(12-17)22-16-7-2-5-14(20)11-16;14-11-5-1-9(2-6-11)13(16)10-3-7-12(15)8-4-10/h1-12H,19-20H2;1-8H,14-15H2. The maximum atomic E-state index is 12.0. The van der Waals surface area contributed by atoms with Crippen molar-refractivity contribution in [2.75, 3.05) is 22.9 Å². The van der Waals surface area contributed by atoms with Gasteiger partial charge in [-0.15, -0.1) is 0 Å². The van der Waals surface area contributed by atoms with Crippen LogP contribution in [0.1, 0.15) is 15.9 Å². The summed E-state index contributed by atoms with van der Waals surface area (Å²) >= 11 is 0. The summed E-state index contributed by atoms with van der Waals surface area (Å²) in [5.41, 5.74) is 26.5. The van der Waals surface area contributed by atoms with Gasteiger partial charge < -0.3 is 32.4 Å². The Morgan fingerprint density at radius 1 is 0.421 bits per heavy atom. The summed E-state index contributed by atoms with van der Waals surface area (Å²) in [5, 5.41) is 0. The molecule has 0 heterocycles. The van der Waals surface area contributed by atoms with Crippen molar-refractivity contribution in [3.63, 3.8) is 0 Å². The summed E-state index contributed by atoms with van der Waals surface area (Å²) < 4.78 is 11.6. The summed E-state index contributed by atoms with van der Waals surface area (Å²) in [6, 6.07) is 35.7. The van der Waals surface area contributed by atoms with E-state index in [1.807, 2.05) is 60.7 Å². The number of ketones is 1. The molecule has 5 rings (SSSR count). The van der Waals surface area contributed by atoms with Gasteiger partial charge in [-0.1, -0.05) is 18.2 Å². The van der Waals surface area contributed by atoms with E-state index in [0.29, 0.717) is 56.9 Å². The van der Waals surface area contributed by atoms with Crippen molar-refractivity contribution in [3.05, 3.63) is 132 Å². The summed E-state index contributed by atoms with van der Waals surface area (Å²) in [5.74, 6) is 2.68. The molecule has 5 aromatic carbocycles. The van der Waals surface area contributed by atoms with E-state index in [9.17, 15) is 4.79 Å². The lowest BCUT2D eigenvalue weighted by Gasteiger charge is -2.09. The van der Waals surface area contributed by atoms with E-state index in [0.717, 1.165) is 0 Å². The Labute approximate surface area is 221 Å². The Morgan fingerprint density at radius 2 is 0.763 bits per heavy atom. The van der Waals surface area contributed by atoms with Crippen LogP contribution >= 0.6 is 0 Å². The third-order valence-corrected chi connectivity index (χ3v) is 5.34. The second-order valence-electron chi connectivity index (χ2n) is 8.40. The highest BCUT2D eigenvalue weighted by Gasteiger charge is 2.08. The molecule has 0 bridgehead atoms. The number of hydrogen-bond donors (Lipinski definition) is 4. The van der Waals surface area contributed by atoms with Gasteiger partial charge in [0.2, 0.25) is 0 Å². The molecule has 0 aliphatic rings. The van der Waals surface area contributed by atoms with E-state index < -0.39 is 0 Å². The maximum Gasteiger partial charge on any atom is 0.193 e. The molecule has 0 aliphatic carbocycles. The highest BCUT2D eigenvalue weighted by Crippen LogP contribution is 2.29. The predicted molar refractivity (Wildman–Crippen MR) is 153 cm³/mol. The van der Waals surface area contributed by atoms with Crippen molar-refractivity contribution in [1.29, 1.82) is 0 Å². The average Bonchev–Trinajstić information content (AvgIpc) is 2.90. The van der Waals surface area contributed by atoms with Crippen molar-refractivity contribution in [2.24, 2.45) is 0 Å². The largest absolute Gasteiger partial charge is 0.457 e. The average molecular weight is 505 g/mol. The van der Waals surface area contributed by atoms with E-state index in [1.165, 1.54) is 0 Å². The van der Waals surface area contributed by atoms with Gasteiger partial charge in [-0.3, -0.25) is 4.79 Å². The summed E-state index contributed by atoms with van der Waals surface area (Å²) in [7, 11) is 0. The number of carbonyl (C=O) groups is 1. The molecule has 0 unspecified atom stereocenters. The molecule has 0 radical (unpaired) electrons. The van der Waals surface area contributed by atoms with E-state index in [2.05, 4.69) is 0 Å². The first kappa shape index (κ1) is 25.7. The number of nitrogens with two attached hydrogens (primary N) is 4. The predicted octanol–water partition coefficient (Wildman–Crippen LogP) is 6.52. The minimum absolute atomic E-state index is 0.0278. The monoisotopic (exact) mass is 504 g/mol. The van der Waals surface area contributed by atoms with Crippen molar-refractivity contribution in [3.8, 4) is 23.0 Å². The molecular weight excluding hydrogens is 476 g/mol. The number of rotatable bonds is 6. The van der Waals surface area contributed by atoms with Crippen LogP contribution in [0.25, 0.3) is 0 Å². The summed E-state index contributed by atoms with van der Waals surface area (Å²) in [6.07, 6.45) is 0. The van der Waals surface area contributed by atoms with Gasteiger partial charge >= 0.3 is 0 Å². The maximum absolute atomic E-state index is 12.0. The molecule has 38 heavy (non-hydrogen) atoms. The molecule has 0 aromatic heterocycles. The van der Waals surface area contributed by atoms with Crippen molar-refractivity contribution in [1.82, 2.24) is 0 Å². The molecule has 8 N–H and O–H groups in total. The van der Waals surface area contributed by atoms with Gasteiger partial charge in [0.1, 0.15) is 23.0 Å². The molecule has 0 saturated carbocycles. The normalized spacial score (nSPS) is 10.1. The van der Waals surface area contributed by atoms with Crippen LogP contribution in [-0.4, -0.2) is 5.78 Å². The smallest absolute Gasteiger partial charge is 0.193 e. The van der Waals surface area contributed by atoms with E-state index in [1.54, 1.807) is 60.7 Å². The fraction of sp³-hybridized carbons (Fsp3) is 0. The Balaban J connectivity index is 0.000000186. The number of hydrogen-bond acceptors (Lipinski definition) is 7. The Bertz CT molecular complexity index is 1410. The second kappa shape index (κ2) is 12.0. The topological polar surface area (TPSA) is 140 Å². The molecule has 0 atom stereocenters. The van der Waals surface area contributed by atoms with Gasteiger partial charge in [0.15, 0.2) is 5.78 Å². The summed E-state index contributed by atoms with van der Waals surface area (Å²) in [4.78, 5) is 12.0. The molecule has 190 valence electrons. The lowest BCUT2D eigenvalue weighted by atomic mass is 10.0. The van der Waals surface area contributed by atoms with Crippen molar-refractivity contribution >= 4 is 28.5 Å². The number of nitrogen functional groups attached to an aromatic ring is 4. The summed E-state index contributed by atoms with van der Waals surface area (Å²) in [6.45, 7) is 0. The van der Waals surface area contributed by atoms with Crippen molar-refractivity contribution < 1.29 is 14.3 Å². The molecule has 0 spiro atoms. The lowest BCUT2D eigenvalue weighted by molar-refractivity contribution is 0.103. The van der Waals surface area contributed by atoms with Crippen molar-refractivity contribution in [2.45, 2.75) is 0 Å². The molecular formula is C31H28N4O3. The molecule has 7 heteroatoms. The van der Waals surface area contributed by atoms with E-state index in [-0.39, 0.29) is 5.78 Å². The van der Waals surface area contributed by atoms with Gasteiger partial charge in [0.25, 0.3) is 0 Å². The van der Waals surface area contributed by atoms with Crippen LogP contribution in [0.15, 0.2) is 121 Å². The fourth-order valence-corrected chi connectivity index (χ4v) is 3.47. The zero-order chi connectivity index (χ0) is 26.9. The number of benzene rings is 5. The van der Waals surface area contributed by atoms with Crippen LogP contribution in [0.2, 0.25) is 0 Å². The number of carbonyl (C=O) groups excluding carboxylic acids is 1. The quantitative estimate of drug-likeness (QED) is 0.152. The molecule has 0 saturated heterocycles.